The van der Waals surface area contributed by atoms with Crippen LogP contribution in [-0.4, -0.2) is 48.2 Å². The van der Waals surface area contributed by atoms with Gasteiger partial charge in [-0.3, -0.25) is 8.97 Å². The van der Waals surface area contributed by atoms with E-state index in [1.54, 1.807) is 22.3 Å². The van der Waals surface area contributed by atoms with Crippen molar-refractivity contribution in [1.29, 1.82) is 0 Å². The van der Waals surface area contributed by atoms with Gasteiger partial charge in [-0.05, 0) is 22.3 Å². The molecule has 0 saturated carbocycles. The van der Waals surface area contributed by atoms with Crippen LogP contribution < -0.4 is 0 Å². The summed E-state index contributed by atoms with van der Waals surface area (Å²) in [6, 6.07) is 37.8. The van der Waals surface area contributed by atoms with Gasteiger partial charge in [-0.1, -0.05) is 97.1 Å². The van der Waals surface area contributed by atoms with Crippen LogP contribution in [0.5, 0.6) is 0 Å². The highest BCUT2D eigenvalue weighted by molar-refractivity contribution is 5.79. The van der Waals surface area contributed by atoms with E-state index >= 15 is 0 Å². The smallest absolute Gasteiger partial charge is 0.142 e. The van der Waals surface area contributed by atoms with Crippen LogP contribution in [0, 0.1) is 0 Å². The molecule has 5 aliphatic rings. The highest BCUT2D eigenvalue weighted by Crippen LogP contribution is 2.55. The van der Waals surface area contributed by atoms with Crippen molar-refractivity contribution < 1.29 is 8.97 Å². The summed E-state index contributed by atoms with van der Waals surface area (Å²) in [6.45, 7) is 7.63. The van der Waals surface area contributed by atoms with Gasteiger partial charge >= 0.3 is 0 Å². The van der Waals surface area contributed by atoms with E-state index in [0.29, 0.717) is 12.1 Å². The second-order valence-electron chi connectivity index (χ2n) is 10.9. The zero-order valence-electron chi connectivity index (χ0n) is 19.5. The van der Waals surface area contributed by atoms with Crippen molar-refractivity contribution in [2.75, 3.05) is 39.3 Å². The monoisotopic (exact) mass is 442 g/mol. The van der Waals surface area contributed by atoms with E-state index in [1.165, 1.54) is 70.5 Å². The molecule has 0 atom stereocenters. The zero-order chi connectivity index (χ0) is 22.3. The molecule has 0 N–H and O–H groups in total. The van der Waals surface area contributed by atoms with Crippen molar-refractivity contribution in [3.05, 3.63) is 119 Å². The molecule has 0 unspecified atom stereocenters. The van der Waals surface area contributed by atoms with Gasteiger partial charge in [0, 0.05) is 22.3 Å². The molecule has 3 saturated heterocycles. The molecule has 0 amide bonds. The molecule has 2 heteroatoms. The van der Waals surface area contributed by atoms with Crippen LogP contribution in [0.1, 0.15) is 34.3 Å². The number of hydrogen-bond donors (Lipinski definition) is 0. The number of piperazine rings is 3. The number of fused-ring (bicyclic) bond motifs is 9. The molecule has 0 spiro atoms. The second-order valence-corrected chi connectivity index (χ2v) is 10.9. The maximum Gasteiger partial charge on any atom is 0.142 e. The maximum atomic E-state index is 2.40. The molecule has 3 aliphatic heterocycles. The van der Waals surface area contributed by atoms with Crippen LogP contribution in [0.4, 0.5) is 0 Å². The molecule has 34 heavy (non-hydrogen) atoms. The number of rotatable bonds is 2. The molecular weight excluding hydrogens is 412 g/mol. The molecule has 2 bridgehead atoms. The van der Waals surface area contributed by atoms with Gasteiger partial charge in [0.15, 0.2) is 0 Å². The molecule has 3 heterocycles. The summed E-state index contributed by atoms with van der Waals surface area (Å²) in [6.07, 6.45) is 0. The molecule has 166 valence electrons. The van der Waals surface area contributed by atoms with E-state index in [-0.39, 0.29) is 0 Å². The highest BCUT2D eigenvalue weighted by Gasteiger charge is 2.59. The van der Waals surface area contributed by atoms with E-state index < -0.39 is 0 Å². The quantitative estimate of drug-likeness (QED) is 0.325. The van der Waals surface area contributed by atoms with Crippen LogP contribution in [-0.2, 0) is 0 Å². The van der Waals surface area contributed by atoms with E-state index in [9.17, 15) is 0 Å². The van der Waals surface area contributed by atoms with Gasteiger partial charge in [-0.2, -0.15) is 0 Å². The molecule has 0 aromatic heterocycles. The Bertz CT molecular complexity index is 1220. The van der Waals surface area contributed by atoms with Gasteiger partial charge in [0.2, 0.25) is 0 Å². The van der Waals surface area contributed by atoms with Gasteiger partial charge in [-0.15, -0.1) is 0 Å². The summed E-state index contributed by atoms with van der Waals surface area (Å²) in [7, 11) is 0. The first-order chi connectivity index (χ1) is 16.8. The number of nitrogens with zero attached hydrogens (tertiary/aromatic N) is 2. The van der Waals surface area contributed by atoms with Crippen LogP contribution in [0.15, 0.2) is 97.1 Å². The Morgan fingerprint density at radius 1 is 0.353 bits per heavy atom. The van der Waals surface area contributed by atoms with Crippen LogP contribution in [0.25, 0.3) is 22.3 Å². The summed E-state index contributed by atoms with van der Waals surface area (Å²) >= 11 is 0. The van der Waals surface area contributed by atoms with Crippen molar-refractivity contribution in [2.24, 2.45) is 0 Å². The van der Waals surface area contributed by atoms with Crippen molar-refractivity contribution in [2.45, 2.75) is 12.1 Å². The Morgan fingerprint density at radius 3 is 0.853 bits per heavy atom. The molecule has 2 nitrogen and oxygen atoms in total. The molecule has 2 aliphatic carbocycles. The lowest BCUT2D eigenvalue weighted by atomic mass is 9.91. The van der Waals surface area contributed by atoms with Gasteiger partial charge in [0.25, 0.3) is 0 Å². The third-order valence-electron chi connectivity index (χ3n) is 9.67. The lowest BCUT2D eigenvalue weighted by Crippen LogP contribution is -2.75. The summed E-state index contributed by atoms with van der Waals surface area (Å²) in [5.41, 5.74) is 12.1. The van der Waals surface area contributed by atoms with Gasteiger partial charge in [0.05, 0.1) is 0 Å². The first-order valence-electron chi connectivity index (χ1n) is 12.9. The summed E-state index contributed by atoms with van der Waals surface area (Å²) in [4.78, 5) is 0. The average molecular weight is 443 g/mol. The lowest BCUT2D eigenvalue weighted by Gasteiger charge is -2.59. The van der Waals surface area contributed by atoms with Crippen molar-refractivity contribution in [3.8, 4) is 22.3 Å². The minimum Gasteiger partial charge on any atom is -0.300 e. The molecule has 4 aromatic carbocycles. The predicted octanol–water partition coefficient (Wildman–Crippen LogP) is 6.19. The summed E-state index contributed by atoms with van der Waals surface area (Å²) in [5, 5.41) is 0. The fourth-order valence-corrected chi connectivity index (χ4v) is 8.08. The van der Waals surface area contributed by atoms with Crippen molar-refractivity contribution in [3.63, 3.8) is 0 Å². The fraction of sp³-hybridized carbons (Fsp3) is 0.250. The third-order valence-corrected chi connectivity index (χ3v) is 9.67. The van der Waals surface area contributed by atoms with Gasteiger partial charge in [-0.25, -0.2) is 0 Å². The molecule has 4 aromatic rings. The average Bonchev–Trinajstić information content (AvgIpc) is 3.44. The van der Waals surface area contributed by atoms with Gasteiger partial charge < -0.3 is 0 Å². The zero-order valence-corrected chi connectivity index (χ0v) is 19.5. The first kappa shape index (κ1) is 19.1. The van der Waals surface area contributed by atoms with E-state index in [4.69, 9.17) is 0 Å². The highest BCUT2D eigenvalue weighted by atomic mass is 15.5. The summed E-state index contributed by atoms with van der Waals surface area (Å²) in [5.74, 6) is 0. The third kappa shape index (κ3) is 2.33. The van der Waals surface area contributed by atoms with Crippen molar-refractivity contribution >= 4 is 0 Å². The normalized spacial score (nSPS) is 26.7. The van der Waals surface area contributed by atoms with Crippen LogP contribution >= 0.6 is 0 Å². The Hall–Kier alpha value is -3.20. The Labute approximate surface area is 201 Å². The molecular formula is C32H30N2+2. The Morgan fingerprint density at radius 2 is 0.588 bits per heavy atom. The van der Waals surface area contributed by atoms with E-state index in [1.807, 2.05) is 0 Å². The molecule has 9 rings (SSSR count). The SMILES string of the molecule is c1ccc2c(c1)-c1ccccc1C2[N+]12CC[N+](C3c4ccccc4-c4ccccc43)(CC1)CC2. The van der Waals surface area contributed by atoms with E-state index in [2.05, 4.69) is 97.1 Å². The Balaban J connectivity index is 1.20. The van der Waals surface area contributed by atoms with Crippen LogP contribution in [0.3, 0.4) is 0 Å². The topological polar surface area (TPSA) is 0 Å². The lowest BCUT2D eigenvalue weighted by molar-refractivity contribution is -1.10. The molecule has 3 fully saturated rings. The second kappa shape index (κ2) is 6.69. The standard InChI is InChI=1S/C32H30N2/c1-5-13-27-23(9-1)24-10-2-6-14-28(24)31(27)33-17-20-34(21-18-33,22-19-33)32-29-15-7-3-11-25(29)26-12-4-8-16-30(26)32/h1-16,31-32H,17-22H2/q+2. The molecule has 0 radical (unpaired) electrons. The number of hydrogen-bond acceptors (Lipinski definition) is 0. The summed E-state index contributed by atoms with van der Waals surface area (Å²) < 4.78 is 2.48. The van der Waals surface area contributed by atoms with Crippen LogP contribution in [0.2, 0.25) is 0 Å². The predicted molar refractivity (Wildman–Crippen MR) is 137 cm³/mol. The van der Waals surface area contributed by atoms with Gasteiger partial charge in [0.1, 0.15) is 51.4 Å². The number of benzene rings is 4. The van der Waals surface area contributed by atoms with Crippen molar-refractivity contribution in [1.82, 2.24) is 0 Å². The first-order valence-corrected chi connectivity index (χ1v) is 12.9. The minimum atomic E-state index is 0.498. The van der Waals surface area contributed by atoms with E-state index in [0.717, 1.165) is 0 Å². The number of quaternary nitrogens is 2. The maximum absolute atomic E-state index is 2.40. The fourth-order valence-electron chi connectivity index (χ4n) is 8.08. The minimum absolute atomic E-state index is 0.498. The Kier molecular flexibility index (Phi) is 3.76. The largest absolute Gasteiger partial charge is 0.300 e.